The van der Waals surface area contributed by atoms with Gasteiger partial charge in [0.05, 0.1) is 11.3 Å². The number of benzene rings is 1. The normalized spacial score (nSPS) is 10.1. The van der Waals surface area contributed by atoms with Gasteiger partial charge in [-0.3, -0.25) is 14.6 Å². The van der Waals surface area contributed by atoms with Crippen LogP contribution in [0.15, 0.2) is 34.0 Å². The summed E-state index contributed by atoms with van der Waals surface area (Å²) in [6.45, 7) is 0. The topological polar surface area (TPSA) is 132 Å². The van der Waals surface area contributed by atoms with E-state index in [2.05, 4.69) is 10.3 Å². The molecule has 0 aliphatic heterocycles. The third-order valence-electron chi connectivity index (χ3n) is 2.52. The molecule has 108 valence electrons. The van der Waals surface area contributed by atoms with E-state index >= 15 is 0 Å². The number of H-pyrrole nitrogens is 2. The molecule has 2 rings (SSSR count). The first-order chi connectivity index (χ1) is 9.88. The molecular formula is C12H8IN3O5. The van der Waals surface area contributed by atoms with Crippen molar-refractivity contribution in [2.75, 3.05) is 5.32 Å². The van der Waals surface area contributed by atoms with Gasteiger partial charge in [-0.1, -0.05) is 0 Å². The molecule has 0 radical (unpaired) electrons. The van der Waals surface area contributed by atoms with Crippen LogP contribution in [0.4, 0.5) is 5.69 Å². The van der Waals surface area contributed by atoms with Gasteiger partial charge in [0.1, 0.15) is 5.56 Å². The number of carbonyl (C=O) groups is 2. The van der Waals surface area contributed by atoms with Crippen LogP contribution < -0.4 is 16.6 Å². The number of carbonyl (C=O) groups excluding carboxylic acids is 1. The molecule has 0 aliphatic carbocycles. The molecule has 1 heterocycles. The van der Waals surface area contributed by atoms with Crippen LogP contribution in [-0.4, -0.2) is 27.0 Å². The summed E-state index contributed by atoms with van der Waals surface area (Å²) < 4.78 is 0.685. The van der Waals surface area contributed by atoms with Crippen LogP contribution in [0.5, 0.6) is 0 Å². The molecule has 0 aliphatic rings. The lowest BCUT2D eigenvalue weighted by molar-refractivity contribution is 0.0698. The van der Waals surface area contributed by atoms with Crippen molar-refractivity contribution in [3.8, 4) is 0 Å². The van der Waals surface area contributed by atoms with E-state index < -0.39 is 23.1 Å². The molecule has 0 unspecified atom stereocenters. The SMILES string of the molecule is O=C(O)c1cc(I)ccc1NC(=O)c1c[nH]c(=O)[nH]c1=O. The standard InChI is InChI=1S/C12H8IN3O5/c13-5-1-2-8(6(3-5)11(19)20)15-9(17)7-4-14-12(21)16-10(7)18/h1-4H,(H,15,17)(H,19,20)(H2,14,16,18,21). The average molecular weight is 401 g/mol. The van der Waals surface area contributed by atoms with Crippen LogP contribution in [0.1, 0.15) is 20.7 Å². The van der Waals surface area contributed by atoms with Gasteiger partial charge in [0, 0.05) is 9.77 Å². The lowest BCUT2D eigenvalue weighted by Crippen LogP contribution is -2.30. The number of aromatic nitrogens is 2. The van der Waals surface area contributed by atoms with Crippen LogP contribution in [0.25, 0.3) is 0 Å². The van der Waals surface area contributed by atoms with Gasteiger partial charge in [-0.05, 0) is 40.8 Å². The number of nitrogens with one attached hydrogen (secondary N) is 3. The number of halogens is 1. The second-order valence-electron chi connectivity index (χ2n) is 3.93. The number of anilines is 1. The van der Waals surface area contributed by atoms with Gasteiger partial charge in [-0.2, -0.15) is 0 Å². The summed E-state index contributed by atoms with van der Waals surface area (Å²) in [4.78, 5) is 49.5. The zero-order valence-corrected chi connectivity index (χ0v) is 12.4. The molecule has 1 aromatic heterocycles. The molecule has 1 aromatic carbocycles. The second-order valence-corrected chi connectivity index (χ2v) is 5.18. The van der Waals surface area contributed by atoms with E-state index in [0.717, 1.165) is 6.20 Å². The molecule has 1 amide bonds. The van der Waals surface area contributed by atoms with Crippen molar-refractivity contribution in [3.05, 3.63) is 59.9 Å². The maximum absolute atomic E-state index is 12.0. The summed E-state index contributed by atoms with van der Waals surface area (Å²) >= 11 is 1.94. The van der Waals surface area contributed by atoms with Gasteiger partial charge in [0.15, 0.2) is 0 Å². The molecule has 0 fully saturated rings. The van der Waals surface area contributed by atoms with Gasteiger partial charge in [0.2, 0.25) is 0 Å². The number of amides is 1. The van der Waals surface area contributed by atoms with E-state index in [1.54, 1.807) is 6.07 Å². The van der Waals surface area contributed by atoms with E-state index in [9.17, 15) is 19.2 Å². The van der Waals surface area contributed by atoms with Crippen LogP contribution >= 0.6 is 22.6 Å². The highest BCUT2D eigenvalue weighted by Crippen LogP contribution is 2.19. The van der Waals surface area contributed by atoms with E-state index in [1.165, 1.54) is 12.1 Å². The van der Waals surface area contributed by atoms with Crippen molar-refractivity contribution in [2.45, 2.75) is 0 Å². The summed E-state index contributed by atoms with van der Waals surface area (Å²) in [7, 11) is 0. The summed E-state index contributed by atoms with van der Waals surface area (Å²) in [5.74, 6) is -2.03. The zero-order chi connectivity index (χ0) is 15.6. The van der Waals surface area contributed by atoms with Crippen LogP contribution in [-0.2, 0) is 0 Å². The Hall–Kier alpha value is -2.43. The molecule has 2 aromatic rings. The quantitative estimate of drug-likeness (QED) is 0.560. The Bertz CT molecular complexity index is 839. The Balaban J connectivity index is 2.38. The number of aromatic amines is 2. The molecule has 4 N–H and O–H groups in total. The fourth-order valence-corrected chi connectivity index (χ4v) is 2.06. The first-order valence-corrected chi connectivity index (χ1v) is 6.62. The van der Waals surface area contributed by atoms with E-state index in [1.807, 2.05) is 27.6 Å². The first kappa shape index (κ1) is 15.0. The predicted molar refractivity (Wildman–Crippen MR) is 81.8 cm³/mol. The number of hydrogen-bond acceptors (Lipinski definition) is 4. The third-order valence-corrected chi connectivity index (χ3v) is 3.20. The fourth-order valence-electron chi connectivity index (χ4n) is 1.57. The highest BCUT2D eigenvalue weighted by Gasteiger charge is 2.16. The van der Waals surface area contributed by atoms with Crippen molar-refractivity contribution in [1.82, 2.24) is 9.97 Å². The van der Waals surface area contributed by atoms with Crippen molar-refractivity contribution in [3.63, 3.8) is 0 Å². The minimum atomic E-state index is -1.21. The molecule has 0 bridgehead atoms. The van der Waals surface area contributed by atoms with Gasteiger partial charge in [0.25, 0.3) is 11.5 Å². The molecule has 0 atom stereocenters. The molecule has 8 nitrogen and oxygen atoms in total. The highest BCUT2D eigenvalue weighted by atomic mass is 127. The summed E-state index contributed by atoms with van der Waals surface area (Å²) in [5, 5.41) is 11.4. The largest absolute Gasteiger partial charge is 0.478 e. The Morgan fingerprint density at radius 2 is 1.90 bits per heavy atom. The highest BCUT2D eigenvalue weighted by molar-refractivity contribution is 14.1. The molecular weight excluding hydrogens is 393 g/mol. The Morgan fingerprint density at radius 1 is 1.19 bits per heavy atom. The van der Waals surface area contributed by atoms with Gasteiger partial charge in [-0.15, -0.1) is 0 Å². The average Bonchev–Trinajstić information content (AvgIpc) is 2.40. The molecule has 21 heavy (non-hydrogen) atoms. The van der Waals surface area contributed by atoms with Crippen LogP contribution in [0.2, 0.25) is 0 Å². The monoisotopic (exact) mass is 401 g/mol. The fraction of sp³-hybridized carbons (Fsp3) is 0. The lowest BCUT2D eigenvalue weighted by Gasteiger charge is -2.08. The maximum Gasteiger partial charge on any atom is 0.337 e. The lowest BCUT2D eigenvalue weighted by atomic mass is 10.1. The summed E-state index contributed by atoms with van der Waals surface area (Å²) in [6.07, 6.45) is 0.962. The smallest absolute Gasteiger partial charge is 0.337 e. The minimum absolute atomic E-state index is 0.0542. The van der Waals surface area contributed by atoms with Crippen molar-refractivity contribution in [1.29, 1.82) is 0 Å². The number of carboxylic acid groups (broad SMARTS) is 1. The summed E-state index contributed by atoms with van der Waals surface area (Å²) in [6, 6.07) is 4.41. The predicted octanol–water partition coefficient (Wildman–Crippen LogP) is 0.618. The number of rotatable bonds is 3. The van der Waals surface area contributed by atoms with Crippen molar-refractivity contribution in [2.24, 2.45) is 0 Å². The Morgan fingerprint density at radius 3 is 2.52 bits per heavy atom. The summed E-state index contributed by atoms with van der Waals surface area (Å²) in [5.41, 5.74) is -1.98. The van der Waals surface area contributed by atoms with Crippen molar-refractivity contribution < 1.29 is 14.7 Å². The number of hydrogen-bond donors (Lipinski definition) is 4. The molecule has 0 spiro atoms. The van der Waals surface area contributed by atoms with E-state index in [0.29, 0.717) is 3.57 Å². The second kappa shape index (κ2) is 5.91. The maximum atomic E-state index is 12.0. The zero-order valence-electron chi connectivity index (χ0n) is 10.3. The van der Waals surface area contributed by atoms with Crippen LogP contribution in [0, 0.1) is 3.57 Å². The number of aromatic carboxylic acids is 1. The minimum Gasteiger partial charge on any atom is -0.478 e. The molecule has 9 heteroatoms. The van der Waals surface area contributed by atoms with Crippen LogP contribution in [0.3, 0.4) is 0 Å². The van der Waals surface area contributed by atoms with E-state index in [4.69, 9.17) is 5.11 Å². The Kier molecular flexibility index (Phi) is 4.21. The first-order valence-electron chi connectivity index (χ1n) is 5.54. The third kappa shape index (κ3) is 3.37. The number of carboxylic acids is 1. The Labute approximate surface area is 130 Å². The van der Waals surface area contributed by atoms with E-state index in [-0.39, 0.29) is 16.8 Å². The van der Waals surface area contributed by atoms with Gasteiger partial charge >= 0.3 is 11.7 Å². The molecule has 0 saturated carbocycles. The van der Waals surface area contributed by atoms with Gasteiger partial charge < -0.3 is 15.4 Å². The van der Waals surface area contributed by atoms with Crippen molar-refractivity contribution >= 4 is 40.2 Å². The molecule has 0 saturated heterocycles. The van der Waals surface area contributed by atoms with Gasteiger partial charge in [-0.25, -0.2) is 9.59 Å².